The average Bonchev–Trinajstić information content (AvgIpc) is 2.43. The van der Waals surface area contributed by atoms with Gasteiger partial charge in [-0.25, -0.2) is 8.42 Å². The maximum absolute atomic E-state index is 12.8. The lowest BCUT2D eigenvalue weighted by Crippen LogP contribution is -2.51. The summed E-state index contributed by atoms with van der Waals surface area (Å²) in [6.07, 6.45) is -0.530. The van der Waals surface area contributed by atoms with Crippen LogP contribution >= 0.6 is 11.6 Å². The number of nitrogens with two attached hydrogens (primary N) is 1. The summed E-state index contributed by atoms with van der Waals surface area (Å²) in [5, 5.41) is 9.31. The molecule has 2 atom stereocenters. The molecular formula is C13H19ClN2O4S. The minimum atomic E-state index is -3.79. The first-order chi connectivity index (χ1) is 9.77. The number of sulfonamides is 1. The Bertz CT molecular complexity index is 635. The minimum absolute atomic E-state index is 0.0160. The molecule has 1 aliphatic heterocycles. The van der Waals surface area contributed by atoms with E-state index in [-0.39, 0.29) is 35.7 Å². The molecule has 1 aliphatic rings. The van der Waals surface area contributed by atoms with Crippen LogP contribution < -0.4 is 5.73 Å². The number of aliphatic hydroxyl groups is 1. The molecule has 0 saturated carbocycles. The molecule has 0 aliphatic carbocycles. The third-order valence-electron chi connectivity index (χ3n) is 3.56. The van der Waals surface area contributed by atoms with Crippen molar-refractivity contribution in [3.63, 3.8) is 0 Å². The zero-order valence-corrected chi connectivity index (χ0v) is 13.5. The molecule has 1 fully saturated rings. The smallest absolute Gasteiger partial charge is 0.245 e. The van der Waals surface area contributed by atoms with E-state index in [2.05, 4.69) is 0 Å². The standard InChI is InChI=1S/C13H19ClN2O4S/c1-8-3-11(14)13(4-12(8)15)21(18,19)16-5-10(6-17)20-7-9(16)2/h3-4,9-10,17H,5-7,15H2,1-2H3. The van der Waals surface area contributed by atoms with Crippen LogP contribution in [-0.4, -0.2) is 49.7 Å². The Morgan fingerprint density at radius 2 is 2.19 bits per heavy atom. The van der Waals surface area contributed by atoms with Gasteiger partial charge in [0.25, 0.3) is 0 Å². The van der Waals surface area contributed by atoms with Crippen molar-refractivity contribution in [3.05, 3.63) is 22.7 Å². The molecule has 1 aromatic carbocycles. The third kappa shape index (κ3) is 3.17. The number of anilines is 1. The molecule has 1 saturated heterocycles. The van der Waals surface area contributed by atoms with E-state index in [1.165, 1.54) is 10.4 Å². The van der Waals surface area contributed by atoms with Crippen molar-refractivity contribution in [2.24, 2.45) is 0 Å². The number of nitrogens with zero attached hydrogens (tertiary/aromatic N) is 1. The number of hydrogen-bond donors (Lipinski definition) is 2. The topological polar surface area (TPSA) is 92.9 Å². The van der Waals surface area contributed by atoms with Crippen molar-refractivity contribution < 1.29 is 18.3 Å². The van der Waals surface area contributed by atoms with Crippen LogP contribution in [-0.2, 0) is 14.8 Å². The van der Waals surface area contributed by atoms with Crippen molar-refractivity contribution in [2.75, 3.05) is 25.5 Å². The zero-order chi connectivity index (χ0) is 15.8. The number of benzene rings is 1. The van der Waals surface area contributed by atoms with Gasteiger partial charge < -0.3 is 15.6 Å². The SMILES string of the molecule is Cc1cc(Cl)c(S(=O)(=O)N2CC(CO)OCC2C)cc1N. The predicted molar refractivity (Wildman–Crippen MR) is 80.8 cm³/mol. The van der Waals surface area contributed by atoms with Crippen molar-refractivity contribution in [2.45, 2.75) is 30.9 Å². The molecule has 1 aromatic rings. The largest absolute Gasteiger partial charge is 0.398 e. The number of halogens is 1. The van der Waals surface area contributed by atoms with E-state index >= 15 is 0 Å². The molecule has 3 N–H and O–H groups in total. The fraction of sp³-hybridized carbons (Fsp3) is 0.538. The highest BCUT2D eigenvalue weighted by Crippen LogP contribution is 2.31. The van der Waals surface area contributed by atoms with Crippen molar-refractivity contribution in [1.29, 1.82) is 0 Å². The second kappa shape index (κ2) is 6.10. The molecular weight excluding hydrogens is 316 g/mol. The van der Waals surface area contributed by atoms with E-state index in [0.29, 0.717) is 5.69 Å². The highest BCUT2D eigenvalue weighted by atomic mass is 35.5. The van der Waals surface area contributed by atoms with Gasteiger partial charge in [0.1, 0.15) is 4.90 Å². The number of ether oxygens (including phenoxy) is 1. The summed E-state index contributed by atoms with van der Waals surface area (Å²) in [7, 11) is -3.79. The summed E-state index contributed by atoms with van der Waals surface area (Å²) in [5.41, 5.74) is 6.89. The number of morpholine rings is 1. The van der Waals surface area contributed by atoms with Crippen LogP contribution in [0.3, 0.4) is 0 Å². The van der Waals surface area contributed by atoms with Crippen LogP contribution in [0.5, 0.6) is 0 Å². The molecule has 1 heterocycles. The Morgan fingerprint density at radius 1 is 1.52 bits per heavy atom. The van der Waals surface area contributed by atoms with Gasteiger partial charge in [0, 0.05) is 18.3 Å². The normalized spacial score (nSPS) is 24.2. The molecule has 0 aromatic heterocycles. The molecule has 2 rings (SSSR count). The molecule has 0 spiro atoms. The monoisotopic (exact) mass is 334 g/mol. The fourth-order valence-corrected chi connectivity index (χ4v) is 4.47. The summed E-state index contributed by atoms with van der Waals surface area (Å²) < 4.78 is 32.2. The lowest BCUT2D eigenvalue weighted by molar-refractivity contribution is -0.0516. The van der Waals surface area contributed by atoms with E-state index in [9.17, 15) is 13.5 Å². The Kier molecular flexibility index (Phi) is 4.79. The zero-order valence-electron chi connectivity index (χ0n) is 11.9. The molecule has 21 heavy (non-hydrogen) atoms. The Labute approximate surface area is 129 Å². The van der Waals surface area contributed by atoms with E-state index in [1.54, 1.807) is 19.9 Å². The Balaban J connectivity index is 2.43. The predicted octanol–water partition coefficient (Wildman–Crippen LogP) is 1.00. The Morgan fingerprint density at radius 3 is 2.81 bits per heavy atom. The minimum Gasteiger partial charge on any atom is -0.398 e. The van der Waals surface area contributed by atoms with E-state index in [1.807, 2.05) is 0 Å². The second-order valence-corrected chi connectivity index (χ2v) is 7.47. The molecule has 0 amide bonds. The summed E-state index contributed by atoms with van der Waals surface area (Å²) in [4.78, 5) is -0.0160. The Hall–Kier alpha value is -0.860. The maximum atomic E-state index is 12.8. The first-order valence-corrected chi connectivity index (χ1v) is 8.39. The number of aryl methyl sites for hydroxylation is 1. The van der Waals surface area contributed by atoms with Crippen LogP contribution in [0.2, 0.25) is 5.02 Å². The average molecular weight is 335 g/mol. The molecule has 118 valence electrons. The molecule has 8 heteroatoms. The number of aliphatic hydroxyl groups excluding tert-OH is 1. The van der Waals surface area contributed by atoms with Gasteiger partial charge in [-0.1, -0.05) is 11.6 Å². The van der Waals surface area contributed by atoms with Crippen LogP contribution in [0.15, 0.2) is 17.0 Å². The number of hydrogen-bond acceptors (Lipinski definition) is 5. The maximum Gasteiger partial charge on any atom is 0.245 e. The summed E-state index contributed by atoms with van der Waals surface area (Å²) in [5.74, 6) is 0. The molecule has 0 radical (unpaired) electrons. The van der Waals surface area contributed by atoms with Gasteiger partial charge in [0.15, 0.2) is 0 Å². The molecule has 2 unspecified atom stereocenters. The molecule has 0 bridgehead atoms. The molecule has 6 nitrogen and oxygen atoms in total. The second-order valence-electron chi connectivity index (χ2n) is 5.20. The van der Waals surface area contributed by atoms with Gasteiger partial charge in [0.2, 0.25) is 10.0 Å². The van der Waals surface area contributed by atoms with E-state index < -0.39 is 16.1 Å². The lowest BCUT2D eigenvalue weighted by atomic mass is 10.2. The number of nitrogen functional groups attached to an aromatic ring is 1. The van der Waals surface area contributed by atoms with Gasteiger partial charge in [-0.2, -0.15) is 4.31 Å². The van der Waals surface area contributed by atoms with Gasteiger partial charge in [-0.15, -0.1) is 0 Å². The fourth-order valence-electron chi connectivity index (χ4n) is 2.23. The lowest BCUT2D eigenvalue weighted by Gasteiger charge is -2.36. The van der Waals surface area contributed by atoms with Crippen molar-refractivity contribution in [3.8, 4) is 0 Å². The van der Waals surface area contributed by atoms with Crippen molar-refractivity contribution >= 4 is 27.3 Å². The summed E-state index contributed by atoms with van der Waals surface area (Å²) >= 11 is 6.08. The van der Waals surface area contributed by atoms with Gasteiger partial charge in [-0.3, -0.25) is 0 Å². The van der Waals surface area contributed by atoms with Crippen LogP contribution in [0.25, 0.3) is 0 Å². The van der Waals surface area contributed by atoms with Crippen LogP contribution in [0.4, 0.5) is 5.69 Å². The van der Waals surface area contributed by atoms with Crippen LogP contribution in [0.1, 0.15) is 12.5 Å². The number of rotatable bonds is 3. The highest BCUT2D eigenvalue weighted by molar-refractivity contribution is 7.89. The highest BCUT2D eigenvalue weighted by Gasteiger charge is 2.36. The first kappa shape index (κ1) is 16.5. The van der Waals surface area contributed by atoms with Gasteiger partial charge >= 0.3 is 0 Å². The van der Waals surface area contributed by atoms with Gasteiger partial charge in [0.05, 0.1) is 24.3 Å². The third-order valence-corrected chi connectivity index (χ3v) is 6.00. The van der Waals surface area contributed by atoms with Gasteiger partial charge in [-0.05, 0) is 31.5 Å². The van der Waals surface area contributed by atoms with E-state index in [4.69, 9.17) is 22.1 Å². The van der Waals surface area contributed by atoms with Crippen LogP contribution in [0, 0.1) is 6.92 Å². The summed E-state index contributed by atoms with van der Waals surface area (Å²) in [6.45, 7) is 3.59. The summed E-state index contributed by atoms with van der Waals surface area (Å²) in [6, 6.07) is 2.58. The quantitative estimate of drug-likeness (QED) is 0.804. The first-order valence-electron chi connectivity index (χ1n) is 6.57. The van der Waals surface area contributed by atoms with Crippen molar-refractivity contribution in [1.82, 2.24) is 4.31 Å². The van der Waals surface area contributed by atoms with E-state index in [0.717, 1.165) is 5.56 Å².